The molecule has 0 atom stereocenters. The summed E-state index contributed by atoms with van der Waals surface area (Å²) in [6.45, 7) is 2.65. The Morgan fingerprint density at radius 1 is 1.37 bits per heavy atom. The Bertz CT molecular complexity index is 573. The summed E-state index contributed by atoms with van der Waals surface area (Å²) in [6, 6.07) is 7.34. The first-order valence-corrected chi connectivity index (χ1v) is 6.01. The molecule has 0 saturated carbocycles. The van der Waals surface area contributed by atoms with Gasteiger partial charge < -0.3 is 10.1 Å². The molecule has 1 N–H and O–H groups in total. The number of hydrogen-bond donors (Lipinski definition) is 1. The minimum Gasteiger partial charge on any atom is -0.465 e. The third kappa shape index (κ3) is 3.13. The van der Waals surface area contributed by atoms with Crippen molar-refractivity contribution in [2.45, 2.75) is 13.5 Å². The summed E-state index contributed by atoms with van der Waals surface area (Å²) in [7, 11) is 3.27. The van der Waals surface area contributed by atoms with Crippen LogP contribution >= 0.6 is 0 Å². The average Bonchev–Trinajstić information content (AvgIpc) is 2.74. The second-order valence-corrected chi connectivity index (χ2v) is 4.34. The van der Waals surface area contributed by atoms with E-state index in [9.17, 15) is 4.79 Å². The van der Waals surface area contributed by atoms with Gasteiger partial charge in [-0.3, -0.25) is 4.68 Å². The van der Waals surface area contributed by atoms with Crippen molar-refractivity contribution in [2.24, 2.45) is 7.05 Å². The largest absolute Gasteiger partial charge is 0.465 e. The number of nitrogens with zero attached hydrogens (tertiary/aromatic N) is 2. The van der Waals surface area contributed by atoms with Gasteiger partial charge >= 0.3 is 5.97 Å². The van der Waals surface area contributed by atoms with E-state index in [-0.39, 0.29) is 5.97 Å². The molecule has 0 spiro atoms. The van der Waals surface area contributed by atoms with Crippen LogP contribution in [0.5, 0.6) is 0 Å². The molecule has 0 aliphatic carbocycles. The quantitative estimate of drug-likeness (QED) is 0.855. The number of ether oxygens (including phenoxy) is 1. The summed E-state index contributed by atoms with van der Waals surface area (Å²) in [5.41, 5.74) is 3.63. The molecule has 5 heteroatoms. The zero-order valence-corrected chi connectivity index (χ0v) is 11.3. The molecule has 0 saturated heterocycles. The molecule has 1 aromatic carbocycles. The molecule has 5 nitrogen and oxygen atoms in total. The van der Waals surface area contributed by atoms with Crippen molar-refractivity contribution in [1.29, 1.82) is 0 Å². The number of esters is 1. The first-order valence-electron chi connectivity index (χ1n) is 6.01. The molecule has 0 radical (unpaired) electrons. The van der Waals surface area contributed by atoms with Gasteiger partial charge in [0.25, 0.3) is 0 Å². The highest BCUT2D eigenvalue weighted by molar-refractivity contribution is 5.89. The summed E-state index contributed by atoms with van der Waals surface area (Å²) < 4.78 is 6.43. The van der Waals surface area contributed by atoms with Gasteiger partial charge in [-0.25, -0.2) is 4.79 Å². The number of aromatic nitrogens is 2. The first-order chi connectivity index (χ1) is 9.10. The molecule has 0 bridgehead atoms. The molecule has 0 aliphatic rings. The van der Waals surface area contributed by atoms with E-state index < -0.39 is 0 Å². The van der Waals surface area contributed by atoms with Crippen molar-refractivity contribution < 1.29 is 9.53 Å². The Morgan fingerprint density at radius 2 is 2.05 bits per heavy atom. The van der Waals surface area contributed by atoms with Gasteiger partial charge in [-0.15, -0.1) is 0 Å². The number of anilines is 1. The van der Waals surface area contributed by atoms with Gasteiger partial charge in [0.15, 0.2) is 0 Å². The second-order valence-electron chi connectivity index (χ2n) is 4.34. The fraction of sp³-hybridized carbons (Fsp3) is 0.286. The third-order valence-electron chi connectivity index (χ3n) is 2.87. The Morgan fingerprint density at radius 3 is 2.58 bits per heavy atom. The van der Waals surface area contributed by atoms with E-state index in [0.717, 1.165) is 16.9 Å². The van der Waals surface area contributed by atoms with E-state index in [2.05, 4.69) is 15.2 Å². The monoisotopic (exact) mass is 259 g/mol. The highest BCUT2D eigenvalue weighted by Gasteiger charge is 2.05. The topological polar surface area (TPSA) is 56.1 Å². The number of carbonyl (C=O) groups excluding carboxylic acids is 1. The van der Waals surface area contributed by atoms with Gasteiger partial charge in [-0.05, 0) is 24.6 Å². The molecule has 2 aromatic rings. The number of benzene rings is 1. The predicted octanol–water partition coefficient (Wildman–Crippen LogP) is 2.13. The number of hydrogen-bond acceptors (Lipinski definition) is 4. The van der Waals surface area contributed by atoms with Crippen LogP contribution in [0.1, 0.15) is 21.6 Å². The SMILES string of the molecule is COC(=O)c1ccc(CNc2cn(C)nc2C)cc1. The molecule has 100 valence electrons. The molecule has 0 aliphatic heterocycles. The van der Waals surface area contributed by atoms with Crippen LogP contribution in [0.2, 0.25) is 0 Å². The maximum absolute atomic E-state index is 11.3. The molecule has 19 heavy (non-hydrogen) atoms. The maximum Gasteiger partial charge on any atom is 0.337 e. The van der Waals surface area contributed by atoms with Crippen molar-refractivity contribution in [3.05, 3.63) is 47.3 Å². The zero-order valence-electron chi connectivity index (χ0n) is 11.3. The van der Waals surface area contributed by atoms with Crippen LogP contribution in [-0.2, 0) is 18.3 Å². The van der Waals surface area contributed by atoms with Gasteiger partial charge in [0.1, 0.15) is 0 Å². The standard InChI is InChI=1S/C14H17N3O2/c1-10-13(9-17(2)16-10)15-8-11-4-6-12(7-5-11)14(18)19-3/h4-7,9,15H,8H2,1-3H3. The van der Waals surface area contributed by atoms with E-state index in [1.807, 2.05) is 32.3 Å². The van der Waals surface area contributed by atoms with Crippen LogP contribution in [0, 0.1) is 6.92 Å². The molecule has 0 fully saturated rings. The van der Waals surface area contributed by atoms with Crippen LogP contribution < -0.4 is 5.32 Å². The van der Waals surface area contributed by atoms with E-state index >= 15 is 0 Å². The summed E-state index contributed by atoms with van der Waals surface area (Å²) >= 11 is 0. The molecule has 0 unspecified atom stereocenters. The van der Waals surface area contributed by atoms with Crippen molar-refractivity contribution >= 4 is 11.7 Å². The molecule has 2 rings (SSSR count). The Hall–Kier alpha value is -2.30. The van der Waals surface area contributed by atoms with Crippen molar-refractivity contribution in [1.82, 2.24) is 9.78 Å². The number of methoxy groups -OCH3 is 1. The van der Waals surface area contributed by atoms with E-state index in [1.54, 1.807) is 16.8 Å². The van der Waals surface area contributed by atoms with Crippen LogP contribution in [0.3, 0.4) is 0 Å². The molecule has 1 heterocycles. The number of carbonyl (C=O) groups is 1. The molecular formula is C14H17N3O2. The Kier molecular flexibility index (Phi) is 3.85. The van der Waals surface area contributed by atoms with Crippen molar-refractivity contribution in [2.75, 3.05) is 12.4 Å². The summed E-state index contributed by atoms with van der Waals surface area (Å²) in [6.07, 6.45) is 1.94. The van der Waals surface area contributed by atoms with Gasteiger partial charge in [0.05, 0.1) is 24.1 Å². The smallest absolute Gasteiger partial charge is 0.337 e. The average molecular weight is 259 g/mol. The fourth-order valence-corrected chi connectivity index (χ4v) is 1.85. The number of nitrogens with one attached hydrogen (secondary N) is 1. The number of aryl methyl sites for hydroxylation is 2. The Balaban J connectivity index is 2.00. The van der Waals surface area contributed by atoms with Crippen LogP contribution in [0.15, 0.2) is 30.5 Å². The Labute approximate surface area is 112 Å². The van der Waals surface area contributed by atoms with Crippen molar-refractivity contribution in [3.8, 4) is 0 Å². The summed E-state index contributed by atoms with van der Waals surface area (Å²) in [5.74, 6) is -0.317. The molecular weight excluding hydrogens is 242 g/mol. The van der Waals surface area contributed by atoms with Crippen LogP contribution in [0.4, 0.5) is 5.69 Å². The lowest BCUT2D eigenvalue weighted by Gasteiger charge is -2.05. The van der Waals surface area contributed by atoms with Gasteiger partial charge in [0, 0.05) is 19.8 Å². The van der Waals surface area contributed by atoms with Crippen LogP contribution in [-0.4, -0.2) is 22.9 Å². The minimum absolute atomic E-state index is 0.317. The van der Waals surface area contributed by atoms with E-state index in [4.69, 9.17) is 0 Å². The van der Waals surface area contributed by atoms with Crippen molar-refractivity contribution in [3.63, 3.8) is 0 Å². The van der Waals surface area contributed by atoms with Crippen LogP contribution in [0.25, 0.3) is 0 Å². The lowest BCUT2D eigenvalue weighted by Crippen LogP contribution is -2.03. The maximum atomic E-state index is 11.3. The third-order valence-corrected chi connectivity index (χ3v) is 2.87. The first kappa shape index (κ1) is 13.1. The summed E-state index contributed by atoms with van der Waals surface area (Å²) in [5, 5.41) is 7.58. The van der Waals surface area contributed by atoms with E-state index in [1.165, 1.54) is 7.11 Å². The van der Waals surface area contributed by atoms with E-state index in [0.29, 0.717) is 12.1 Å². The lowest BCUT2D eigenvalue weighted by molar-refractivity contribution is 0.0600. The highest BCUT2D eigenvalue weighted by atomic mass is 16.5. The minimum atomic E-state index is -0.317. The predicted molar refractivity (Wildman–Crippen MR) is 73.1 cm³/mol. The van der Waals surface area contributed by atoms with Gasteiger partial charge in [-0.1, -0.05) is 12.1 Å². The lowest BCUT2D eigenvalue weighted by atomic mass is 10.1. The van der Waals surface area contributed by atoms with Gasteiger partial charge in [0.2, 0.25) is 0 Å². The normalized spacial score (nSPS) is 10.3. The summed E-state index contributed by atoms with van der Waals surface area (Å²) in [4.78, 5) is 11.3. The second kappa shape index (κ2) is 5.56. The highest BCUT2D eigenvalue weighted by Crippen LogP contribution is 2.13. The molecule has 1 aromatic heterocycles. The molecule has 0 amide bonds. The zero-order chi connectivity index (χ0) is 13.8. The number of rotatable bonds is 4. The van der Waals surface area contributed by atoms with Gasteiger partial charge in [-0.2, -0.15) is 5.10 Å². The fourth-order valence-electron chi connectivity index (χ4n) is 1.85.